The monoisotopic (exact) mass is 406 g/mol. The highest BCUT2D eigenvalue weighted by atomic mass is 16.7. The van der Waals surface area contributed by atoms with Crippen molar-refractivity contribution in [2.75, 3.05) is 7.11 Å². The lowest BCUT2D eigenvalue weighted by molar-refractivity contribution is -0.158. The first-order chi connectivity index (χ1) is 13.6. The quantitative estimate of drug-likeness (QED) is 0.246. The van der Waals surface area contributed by atoms with Gasteiger partial charge in [0.2, 0.25) is 0 Å². The van der Waals surface area contributed by atoms with E-state index >= 15 is 0 Å². The number of aliphatic hydroxyl groups is 1. The number of fused-ring (bicyclic) bond motifs is 1. The Hall–Kier alpha value is -2.45. The second-order valence-corrected chi connectivity index (χ2v) is 7.82. The molecule has 0 radical (unpaired) electrons. The van der Waals surface area contributed by atoms with Gasteiger partial charge in [-0.1, -0.05) is 12.7 Å². The lowest BCUT2D eigenvalue weighted by Gasteiger charge is -2.28. The third kappa shape index (κ3) is 4.00. The van der Waals surface area contributed by atoms with Gasteiger partial charge in [-0.25, -0.2) is 14.4 Å². The first kappa shape index (κ1) is 21.3. The zero-order valence-electron chi connectivity index (χ0n) is 17.0. The van der Waals surface area contributed by atoms with Crippen LogP contribution in [0.2, 0.25) is 0 Å². The van der Waals surface area contributed by atoms with Crippen molar-refractivity contribution in [2.24, 2.45) is 5.92 Å². The van der Waals surface area contributed by atoms with E-state index in [1.54, 1.807) is 32.9 Å². The Kier molecular flexibility index (Phi) is 5.69. The maximum Gasteiger partial charge on any atom is 0.341 e. The van der Waals surface area contributed by atoms with Crippen molar-refractivity contribution in [2.45, 2.75) is 63.6 Å². The van der Waals surface area contributed by atoms with Crippen LogP contribution in [0.25, 0.3) is 0 Å². The molecule has 0 spiro atoms. The van der Waals surface area contributed by atoms with Gasteiger partial charge in [-0.15, -0.1) is 0 Å². The van der Waals surface area contributed by atoms with Crippen molar-refractivity contribution in [1.29, 1.82) is 0 Å². The van der Waals surface area contributed by atoms with Crippen molar-refractivity contribution in [3.63, 3.8) is 0 Å². The van der Waals surface area contributed by atoms with Crippen LogP contribution in [0.1, 0.15) is 33.6 Å². The molecule has 6 atom stereocenters. The fourth-order valence-corrected chi connectivity index (χ4v) is 3.63. The number of methoxy groups -OCH3 is 1. The summed E-state index contributed by atoms with van der Waals surface area (Å²) in [4.78, 5) is 37.2. The zero-order valence-corrected chi connectivity index (χ0v) is 17.0. The molecule has 0 aromatic heterocycles. The molecule has 2 heterocycles. The summed E-state index contributed by atoms with van der Waals surface area (Å²) in [6, 6.07) is 0. The van der Waals surface area contributed by atoms with Crippen LogP contribution in [0.4, 0.5) is 0 Å². The number of rotatable bonds is 3. The standard InChI is InChI=1S/C21H26O8/c1-10-8-15-17(11(2)18(23)27-15)16(28-20(25)21(4)12(3)29-21)9-13(19(24)26-5)6-7-14(10)22/h6,8,12,14-17,22H,2,7,9H2,1,3-5H3. The molecule has 0 aromatic rings. The molecule has 0 saturated carbocycles. The van der Waals surface area contributed by atoms with Gasteiger partial charge in [0.15, 0.2) is 5.60 Å². The van der Waals surface area contributed by atoms with E-state index in [0.29, 0.717) is 5.57 Å². The molecule has 2 fully saturated rings. The predicted octanol–water partition coefficient (Wildman–Crippen LogP) is 1.37. The molecule has 0 bridgehead atoms. The summed E-state index contributed by atoms with van der Waals surface area (Å²) >= 11 is 0. The molecule has 1 aliphatic carbocycles. The van der Waals surface area contributed by atoms with Gasteiger partial charge >= 0.3 is 17.9 Å². The van der Waals surface area contributed by atoms with Crippen LogP contribution in [0.5, 0.6) is 0 Å². The zero-order chi connectivity index (χ0) is 21.5. The van der Waals surface area contributed by atoms with E-state index in [1.807, 2.05) is 0 Å². The van der Waals surface area contributed by atoms with E-state index in [9.17, 15) is 19.5 Å². The van der Waals surface area contributed by atoms with Crippen LogP contribution in [0.15, 0.2) is 35.5 Å². The lowest BCUT2D eigenvalue weighted by Crippen LogP contribution is -2.38. The highest BCUT2D eigenvalue weighted by Crippen LogP contribution is 2.41. The summed E-state index contributed by atoms with van der Waals surface area (Å²) < 4.78 is 21.3. The van der Waals surface area contributed by atoms with Gasteiger partial charge < -0.3 is 24.1 Å². The van der Waals surface area contributed by atoms with Crippen LogP contribution in [-0.2, 0) is 33.3 Å². The third-order valence-corrected chi connectivity index (χ3v) is 5.87. The molecule has 0 amide bonds. The van der Waals surface area contributed by atoms with E-state index in [0.717, 1.165) is 0 Å². The Morgan fingerprint density at radius 1 is 1.38 bits per heavy atom. The number of hydrogen-bond acceptors (Lipinski definition) is 8. The molecule has 8 heteroatoms. The highest BCUT2D eigenvalue weighted by molar-refractivity contribution is 5.92. The minimum Gasteiger partial charge on any atom is -0.466 e. The van der Waals surface area contributed by atoms with E-state index < -0.39 is 47.7 Å². The Labute approximate surface area is 169 Å². The first-order valence-corrected chi connectivity index (χ1v) is 9.51. The van der Waals surface area contributed by atoms with Crippen molar-refractivity contribution in [3.8, 4) is 0 Å². The molecule has 6 unspecified atom stereocenters. The molecule has 2 saturated heterocycles. The number of ether oxygens (including phenoxy) is 4. The summed E-state index contributed by atoms with van der Waals surface area (Å²) in [5.41, 5.74) is -0.112. The molecule has 29 heavy (non-hydrogen) atoms. The predicted molar refractivity (Wildman–Crippen MR) is 100 cm³/mol. The van der Waals surface area contributed by atoms with Crippen LogP contribution < -0.4 is 0 Å². The van der Waals surface area contributed by atoms with Crippen molar-refractivity contribution in [3.05, 3.63) is 35.5 Å². The second kappa shape index (κ2) is 7.76. The van der Waals surface area contributed by atoms with Gasteiger partial charge in [0.1, 0.15) is 12.2 Å². The molecule has 8 nitrogen and oxygen atoms in total. The molecule has 3 aliphatic rings. The highest BCUT2D eigenvalue weighted by Gasteiger charge is 2.58. The number of aliphatic hydroxyl groups excluding tert-OH is 1. The van der Waals surface area contributed by atoms with Crippen molar-refractivity contribution >= 4 is 17.9 Å². The van der Waals surface area contributed by atoms with E-state index in [1.165, 1.54) is 7.11 Å². The maximum absolute atomic E-state index is 12.7. The van der Waals surface area contributed by atoms with Gasteiger partial charge in [-0.3, -0.25) is 0 Å². The number of esters is 3. The minimum absolute atomic E-state index is 0.0146. The Morgan fingerprint density at radius 2 is 2.03 bits per heavy atom. The molecule has 0 aromatic carbocycles. The molecule has 1 N–H and O–H groups in total. The van der Waals surface area contributed by atoms with Gasteiger partial charge in [-0.05, 0) is 38.8 Å². The Bertz CT molecular complexity index is 809. The third-order valence-electron chi connectivity index (χ3n) is 5.87. The largest absolute Gasteiger partial charge is 0.466 e. The summed E-state index contributed by atoms with van der Waals surface area (Å²) in [6.45, 7) is 8.89. The van der Waals surface area contributed by atoms with Gasteiger partial charge in [0, 0.05) is 17.6 Å². The van der Waals surface area contributed by atoms with Crippen molar-refractivity contribution < 1.29 is 38.4 Å². The molecular weight excluding hydrogens is 380 g/mol. The average Bonchev–Trinajstić information content (AvgIpc) is 3.20. The fourth-order valence-electron chi connectivity index (χ4n) is 3.63. The van der Waals surface area contributed by atoms with Crippen LogP contribution in [0, 0.1) is 5.92 Å². The van der Waals surface area contributed by atoms with E-state index in [4.69, 9.17) is 18.9 Å². The van der Waals surface area contributed by atoms with Crippen LogP contribution in [0.3, 0.4) is 0 Å². The van der Waals surface area contributed by atoms with E-state index in [-0.39, 0.29) is 30.1 Å². The van der Waals surface area contributed by atoms with Gasteiger partial charge in [-0.2, -0.15) is 0 Å². The Balaban J connectivity index is 2.00. The lowest BCUT2D eigenvalue weighted by atomic mass is 9.84. The van der Waals surface area contributed by atoms with Gasteiger partial charge in [0.05, 0.1) is 25.2 Å². The molecular formula is C21H26O8. The summed E-state index contributed by atoms with van der Waals surface area (Å²) in [7, 11) is 1.25. The second-order valence-electron chi connectivity index (χ2n) is 7.82. The number of epoxide rings is 1. The maximum atomic E-state index is 12.7. The summed E-state index contributed by atoms with van der Waals surface area (Å²) in [5, 5.41) is 10.3. The van der Waals surface area contributed by atoms with Crippen LogP contribution >= 0.6 is 0 Å². The van der Waals surface area contributed by atoms with Crippen LogP contribution in [-0.4, -0.2) is 60.1 Å². The molecule has 3 rings (SSSR count). The number of carbonyl (C=O) groups excluding carboxylic acids is 3. The minimum atomic E-state index is -1.06. The normalized spacial score (nSPS) is 36.9. The summed E-state index contributed by atoms with van der Waals surface area (Å²) in [6.07, 6.45) is 0.532. The number of hydrogen-bond donors (Lipinski definition) is 1. The Morgan fingerprint density at radius 3 is 2.62 bits per heavy atom. The SMILES string of the molecule is C=C1C(=O)OC2C=C(C)C(O)CC=C(C(=O)OC)CC(OC(=O)C3(C)OC3C)C12. The van der Waals surface area contributed by atoms with Gasteiger partial charge in [0.25, 0.3) is 0 Å². The van der Waals surface area contributed by atoms with E-state index in [2.05, 4.69) is 6.58 Å². The smallest absolute Gasteiger partial charge is 0.341 e. The topological polar surface area (TPSA) is 112 Å². The van der Waals surface area contributed by atoms with Crippen molar-refractivity contribution in [1.82, 2.24) is 0 Å². The average molecular weight is 406 g/mol. The summed E-state index contributed by atoms with van der Waals surface area (Å²) in [5.74, 6) is -2.50. The fraction of sp³-hybridized carbons (Fsp3) is 0.571. The number of carbonyl (C=O) groups is 3. The molecule has 2 aliphatic heterocycles. The molecule has 158 valence electrons. The first-order valence-electron chi connectivity index (χ1n) is 9.51.